The Hall–Kier alpha value is -3.22. The van der Waals surface area contributed by atoms with E-state index in [-0.39, 0.29) is 17.1 Å². The van der Waals surface area contributed by atoms with Crippen molar-refractivity contribution in [2.24, 2.45) is 5.41 Å². The molecule has 1 aromatic heterocycles. The van der Waals surface area contributed by atoms with Gasteiger partial charge in [0.25, 0.3) is 10.9 Å². The highest BCUT2D eigenvalue weighted by Crippen LogP contribution is 2.28. The molecule has 0 spiro atoms. The Kier molecular flexibility index (Phi) is 5.92. The van der Waals surface area contributed by atoms with Gasteiger partial charge in [0.2, 0.25) is 5.95 Å². The number of nitrogens with one attached hydrogen (secondary N) is 3. The maximum Gasteiger partial charge on any atom is 0.253 e. The van der Waals surface area contributed by atoms with E-state index in [1.807, 2.05) is 25.1 Å². The van der Waals surface area contributed by atoms with Crippen LogP contribution in [0.25, 0.3) is 0 Å². The number of rotatable bonds is 7. The molecule has 0 saturated carbocycles. The van der Waals surface area contributed by atoms with Gasteiger partial charge < -0.3 is 16.0 Å². The van der Waals surface area contributed by atoms with Gasteiger partial charge in [-0.1, -0.05) is 52.8 Å². The first-order chi connectivity index (χ1) is 14.1. The molecule has 0 aliphatic rings. The number of hydrogen-bond donors (Lipinski definition) is 3. The van der Waals surface area contributed by atoms with Gasteiger partial charge in [-0.25, -0.2) is 4.98 Å². The van der Waals surface area contributed by atoms with E-state index in [1.54, 1.807) is 12.3 Å². The van der Waals surface area contributed by atoms with Crippen LogP contribution in [0.15, 0.2) is 46.1 Å². The van der Waals surface area contributed by atoms with Crippen LogP contribution in [-0.2, 0) is 0 Å². The first kappa shape index (κ1) is 21.5. The smallest absolute Gasteiger partial charge is 0.253 e. The van der Waals surface area contributed by atoms with Crippen molar-refractivity contribution in [3.8, 4) is 0 Å². The predicted octanol–water partition coefficient (Wildman–Crippen LogP) is 4.53. The molecule has 0 aliphatic carbocycles. The lowest BCUT2D eigenvalue weighted by molar-refractivity contribution is 0.359. The molecule has 30 heavy (non-hydrogen) atoms. The summed E-state index contributed by atoms with van der Waals surface area (Å²) in [5.74, 6) is 1.19. The maximum absolute atomic E-state index is 12.1. The molecule has 0 fully saturated rings. The van der Waals surface area contributed by atoms with Gasteiger partial charge in [-0.15, -0.1) is 0 Å². The van der Waals surface area contributed by atoms with E-state index in [1.165, 1.54) is 0 Å². The molecule has 1 atom stereocenters. The highest BCUT2D eigenvalue weighted by atomic mass is 16.2. The summed E-state index contributed by atoms with van der Waals surface area (Å²) in [6, 6.07) is 9.66. The number of anilines is 5. The summed E-state index contributed by atoms with van der Waals surface area (Å²) < 4.78 is 0. The van der Waals surface area contributed by atoms with E-state index in [9.17, 15) is 9.59 Å². The minimum atomic E-state index is -0.545. The maximum atomic E-state index is 12.1. The van der Waals surface area contributed by atoms with Gasteiger partial charge in [-0.3, -0.25) is 9.59 Å². The molecule has 3 rings (SSSR count). The molecule has 3 N–H and O–H groups in total. The van der Waals surface area contributed by atoms with Gasteiger partial charge in [-0.05, 0) is 36.0 Å². The van der Waals surface area contributed by atoms with Gasteiger partial charge >= 0.3 is 0 Å². The summed E-state index contributed by atoms with van der Waals surface area (Å²) in [6.07, 6.45) is 1.60. The lowest BCUT2D eigenvalue weighted by atomic mass is 9.87. The predicted molar refractivity (Wildman–Crippen MR) is 123 cm³/mol. The molecule has 0 aliphatic heterocycles. The highest BCUT2D eigenvalue weighted by molar-refractivity contribution is 5.78. The molecule has 0 amide bonds. The molecule has 1 heterocycles. The molecule has 0 bridgehead atoms. The van der Waals surface area contributed by atoms with Crippen molar-refractivity contribution in [1.82, 2.24) is 9.97 Å². The van der Waals surface area contributed by atoms with E-state index in [2.05, 4.69) is 66.6 Å². The lowest BCUT2D eigenvalue weighted by Crippen LogP contribution is -2.41. The second-order valence-electron chi connectivity index (χ2n) is 8.90. The lowest BCUT2D eigenvalue weighted by Gasteiger charge is -2.30. The average molecular weight is 408 g/mol. The van der Waals surface area contributed by atoms with Crippen molar-refractivity contribution in [2.45, 2.75) is 53.5 Å². The van der Waals surface area contributed by atoms with Gasteiger partial charge in [0.1, 0.15) is 17.2 Å². The van der Waals surface area contributed by atoms with Crippen LogP contribution >= 0.6 is 0 Å². The largest absolute Gasteiger partial charge is 0.377 e. The zero-order valence-electron chi connectivity index (χ0n) is 18.3. The Bertz CT molecular complexity index is 1110. The van der Waals surface area contributed by atoms with Crippen molar-refractivity contribution in [3.05, 3.63) is 62.5 Å². The Morgan fingerprint density at radius 3 is 2.23 bits per heavy atom. The summed E-state index contributed by atoms with van der Waals surface area (Å²) in [7, 11) is 0. The Morgan fingerprint density at radius 1 is 0.900 bits per heavy atom. The normalized spacial score (nSPS) is 12.8. The zero-order valence-corrected chi connectivity index (χ0v) is 18.3. The fraction of sp³-hybridized carbons (Fsp3) is 0.391. The molecule has 7 heteroatoms. The topological polar surface area (TPSA) is 96.0 Å². The molecular weight excluding hydrogens is 378 g/mol. The summed E-state index contributed by atoms with van der Waals surface area (Å²) in [5, 5.41) is 9.39. The van der Waals surface area contributed by atoms with E-state index >= 15 is 0 Å². The summed E-state index contributed by atoms with van der Waals surface area (Å²) in [4.78, 5) is 32.9. The van der Waals surface area contributed by atoms with Gasteiger partial charge in [0, 0.05) is 17.9 Å². The third-order valence-electron chi connectivity index (χ3n) is 5.31. The minimum Gasteiger partial charge on any atom is -0.377 e. The van der Waals surface area contributed by atoms with Crippen LogP contribution in [0, 0.1) is 5.41 Å². The third-order valence-corrected chi connectivity index (χ3v) is 5.31. The highest BCUT2D eigenvalue weighted by Gasteiger charge is 2.27. The van der Waals surface area contributed by atoms with E-state index in [0.29, 0.717) is 23.4 Å². The van der Waals surface area contributed by atoms with Crippen molar-refractivity contribution >= 4 is 28.8 Å². The van der Waals surface area contributed by atoms with Crippen molar-refractivity contribution in [1.29, 1.82) is 0 Å². The molecule has 0 saturated heterocycles. The second-order valence-corrected chi connectivity index (χ2v) is 8.90. The minimum absolute atomic E-state index is 0.0107. The van der Waals surface area contributed by atoms with Gasteiger partial charge in [0.15, 0.2) is 0 Å². The van der Waals surface area contributed by atoms with Crippen LogP contribution in [0.5, 0.6) is 0 Å². The Labute approximate surface area is 176 Å². The van der Waals surface area contributed by atoms with E-state index < -0.39 is 10.9 Å². The molecule has 1 unspecified atom stereocenters. The second kappa shape index (κ2) is 8.26. The molecule has 0 radical (unpaired) electrons. The van der Waals surface area contributed by atoms with Crippen LogP contribution in [0.1, 0.15) is 53.0 Å². The third kappa shape index (κ3) is 4.50. The molecule has 158 valence electrons. The fourth-order valence-corrected chi connectivity index (χ4v) is 2.93. The van der Waals surface area contributed by atoms with Crippen LogP contribution in [-0.4, -0.2) is 16.0 Å². The zero-order chi connectivity index (χ0) is 22.1. The summed E-state index contributed by atoms with van der Waals surface area (Å²) in [6.45, 7) is 12.4. The average Bonchev–Trinajstić information content (AvgIpc) is 2.70. The van der Waals surface area contributed by atoms with Crippen molar-refractivity contribution < 1.29 is 0 Å². The quantitative estimate of drug-likeness (QED) is 0.495. The number of hydrogen-bond acceptors (Lipinski definition) is 7. The van der Waals surface area contributed by atoms with Gasteiger partial charge in [0.05, 0.1) is 0 Å². The first-order valence-electron chi connectivity index (χ1n) is 10.1. The van der Waals surface area contributed by atoms with E-state index in [0.717, 1.165) is 11.3 Å². The standard InChI is InChI=1S/C23H29N5O2/c1-13(2)15-9-7-8-10-16(15)26-22-24-12-11-17(28-22)27-19-18(20(29)21(19)30)25-14(3)23(4,5)6/h7-14,25H,1-6H3,(H2,24,26,27,28). The first-order valence-corrected chi connectivity index (χ1v) is 10.1. The Morgan fingerprint density at radius 2 is 1.57 bits per heavy atom. The number of para-hydroxylation sites is 1. The molecule has 7 nitrogen and oxygen atoms in total. The van der Waals surface area contributed by atoms with E-state index in [4.69, 9.17) is 0 Å². The van der Waals surface area contributed by atoms with Crippen LogP contribution in [0.2, 0.25) is 0 Å². The van der Waals surface area contributed by atoms with Crippen LogP contribution in [0.3, 0.4) is 0 Å². The fourth-order valence-electron chi connectivity index (χ4n) is 2.93. The number of benzene rings is 1. The summed E-state index contributed by atoms with van der Waals surface area (Å²) >= 11 is 0. The van der Waals surface area contributed by atoms with Crippen LogP contribution in [0.4, 0.5) is 28.8 Å². The Balaban J connectivity index is 1.81. The number of aromatic nitrogens is 2. The SMILES string of the molecule is CC(C)c1ccccc1Nc1nccc(Nc2c(NC(C)C(C)(C)C)c(=O)c2=O)n1. The molecule has 3 aromatic rings. The van der Waals surface area contributed by atoms with Crippen LogP contribution < -0.4 is 26.8 Å². The molecular formula is C23H29N5O2. The number of nitrogens with zero attached hydrogens (tertiary/aromatic N) is 2. The van der Waals surface area contributed by atoms with Crippen molar-refractivity contribution in [2.75, 3.05) is 16.0 Å². The van der Waals surface area contributed by atoms with Gasteiger partial charge in [-0.2, -0.15) is 4.98 Å². The monoisotopic (exact) mass is 407 g/mol. The van der Waals surface area contributed by atoms with Crippen molar-refractivity contribution in [3.63, 3.8) is 0 Å². The summed E-state index contributed by atoms with van der Waals surface area (Å²) in [5.41, 5.74) is 1.52. The molecule has 2 aromatic carbocycles.